The van der Waals surface area contributed by atoms with Crippen molar-refractivity contribution in [3.05, 3.63) is 23.3 Å². The minimum absolute atomic E-state index is 0.206. The number of hydrogen-bond acceptors (Lipinski definition) is 3. The Hall–Kier alpha value is -1.45. The van der Waals surface area contributed by atoms with E-state index in [1.807, 2.05) is 34.6 Å². The molecule has 1 rings (SSSR count). The average molecular weight is 250 g/mol. The fourth-order valence-corrected chi connectivity index (χ4v) is 1.87. The van der Waals surface area contributed by atoms with Crippen LogP contribution in [0.1, 0.15) is 63.2 Å². The highest BCUT2D eigenvalue weighted by molar-refractivity contribution is 5.75. The number of rotatable bonds is 5. The lowest BCUT2D eigenvalue weighted by Gasteiger charge is -2.16. The SMILES string of the molecule is Cc1cc(C(CC(C)C)C(=O)O)nc(C(C)C)n1. The van der Waals surface area contributed by atoms with Crippen LogP contribution >= 0.6 is 0 Å². The van der Waals surface area contributed by atoms with Crippen molar-refractivity contribution in [3.63, 3.8) is 0 Å². The summed E-state index contributed by atoms with van der Waals surface area (Å²) in [6.07, 6.45) is 0.601. The van der Waals surface area contributed by atoms with Gasteiger partial charge < -0.3 is 5.11 Å². The molecule has 1 N–H and O–H groups in total. The van der Waals surface area contributed by atoms with Gasteiger partial charge >= 0.3 is 5.97 Å². The van der Waals surface area contributed by atoms with Gasteiger partial charge in [-0.15, -0.1) is 0 Å². The average Bonchev–Trinajstić information content (AvgIpc) is 2.24. The van der Waals surface area contributed by atoms with Gasteiger partial charge in [-0.05, 0) is 25.3 Å². The van der Waals surface area contributed by atoms with Crippen molar-refractivity contribution in [2.24, 2.45) is 5.92 Å². The largest absolute Gasteiger partial charge is 0.481 e. The van der Waals surface area contributed by atoms with E-state index in [-0.39, 0.29) is 5.92 Å². The van der Waals surface area contributed by atoms with Gasteiger partial charge in [0.05, 0.1) is 11.6 Å². The summed E-state index contributed by atoms with van der Waals surface area (Å²) in [7, 11) is 0. The molecule has 1 heterocycles. The number of carboxylic acid groups (broad SMARTS) is 1. The lowest BCUT2D eigenvalue weighted by atomic mass is 9.93. The Morgan fingerprint density at radius 1 is 1.28 bits per heavy atom. The van der Waals surface area contributed by atoms with Gasteiger partial charge in [0.2, 0.25) is 0 Å². The molecular formula is C14H22N2O2. The smallest absolute Gasteiger partial charge is 0.312 e. The Labute approximate surface area is 108 Å². The molecule has 0 saturated carbocycles. The summed E-state index contributed by atoms with van der Waals surface area (Å²) in [6.45, 7) is 9.94. The Bertz CT molecular complexity index is 428. The van der Waals surface area contributed by atoms with Crippen LogP contribution in [0, 0.1) is 12.8 Å². The van der Waals surface area contributed by atoms with Crippen molar-refractivity contribution in [1.82, 2.24) is 9.97 Å². The third-order valence-corrected chi connectivity index (χ3v) is 2.77. The Morgan fingerprint density at radius 3 is 2.33 bits per heavy atom. The van der Waals surface area contributed by atoms with Gasteiger partial charge in [-0.25, -0.2) is 9.97 Å². The highest BCUT2D eigenvalue weighted by Gasteiger charge is 2.23. The fourth-order valence-electron chi connectivity index (χ4n) is 1.87. The van der Waals surface area contributed by atoms with Crippen molar-refractivity contribution in [2.75, 3.05) is 0 Å². The van der Waals surface area contributed by atoms with Crippen molar-refractivity contribution < 1.29 is 9.90 Å². The van der Waals surface area contributed by atoms with Crippen molar-refractivity contribution >= 4 is 5.97 Å². The minimum Gasteiger partial charge on any atom is -0.481 e. The van der Waals surface area contributed by atoms with E-state index in [0.29, 0.717) is 18.0 Å². The summed E-state index contributed by atoms with van der Waals surface area (Å²) in [5.74, 6) is -0.0956. The summed E-state index contributed by atoms with van der Waals surface area (Å²) in [5.41, 5.74) is 1.46. The molecule has 1 aromatic heterocycles. The normalized spacial score (nSPS) is 13.1. The molecule has 0 aliphatic carbocycles. The van der Waals surface area contributed by atoms with Crippen LogP contribution in [0.2, 0.25) is 0 Å². The number of aliphatic carboxylic acids is 1. The molecule has 1 unspecified atom stereocenters. The summed E-state index contributed by atoms with van der Waals surface area (Å²) in [6, 6.07) is 1.78. The highest BCUT2D eigenvalue weighted by atomic mass is 16.4. The molecule has 1 aromatic rings. The first-order valence-electron chi connectivity index (χ1n) is 6.39. The van der Waals surface area contributed by atoms with E-state index in [0.717, 1.165) is 11.5 Å². The first-order chi connectivity index (χ1) is 8.31. The summed E-state index contributed by atoms with van der Waals surface area (Å²) >= 11 is 0. The van der Waals surface area contributed by atoms with Gasteiger partial charge in [0.15, 0.2) is 0 Å². The second-order valence-electron chi connectivity index (χ2n) is 5.47. The number of aryl methyl sites for hydroxylation is 1. The molecule has 1 atom stereocenters. The van der Waals surface area contributed by atoms with Gasteiger partial charge in [0.25, 0.3) is 0 Å². The van der Waals surface area contributed by atoms with Crippen LogP contribution < -0.4 is 0 Å². The second-order valence-corrected chi connectivity index (χ2v) is 5.47. The Morgan fingerprint density at radius 2 is 1.89 bits per heavy atom. The lowest BCUT2D eigenvalue weighted by Crippen LogP contribution is -2.17. The van der Waals surface area contributed by atoms with Crippen LogP contribution in [0.3, 0.4) is 0 Å². The van der Waals surface area contributed by atoms with Gasteiger partial charge in [-0.2, -0.15) is 0 Å². The summed E-state index contributed by atoms with van der Waals surface area (Å²) < 4.78 is 0. The highest BCUT2D eigenvalue weighted by Crippen LogP contribution is 2.24. The van der Waals surface area contributed by atoms with Crippen molar-refractivity contribution in [2.45, 2.75) is 52.9 Å². The summed E-state index contributed by atoms with van der Waals surface area (Å²) in [5, 5.41) is 9.34. The zero-order valence-electron chi connectivity index (χ0n) is 11.8. The van der Waals surface area contributed by atoms with Crippen LogP contribution in [0.25, 0.3) is 0 Å². The predicted molar refractivity (Wildman–Crippen MR) is 70.7 cm³/mol. The van der Waals surface area contributed by atoms with Crippen LogP contribution in [-0.4, -0.2) is 21.0 Å². The molecule has 0 amide bonds. The molecule has 0 aliphatic heterocycles. The van der Waals surface area contributed by atoms with E-state index in [9.17, 15) is 9.90 Å². The molecule has 0 spiro atoms. The molecule has 4 heteroatoms. The zero-order chi connectivity index (χ0) is 13.9. The maximum Gasteiger partial charge on any atom is 0.312 e. The van der Waals surface area contributed by atoms with E-state index in [4.69, 9.17) is 0 Å². The van der Waals surface area contributed by atoms with E-state index in [1.54, 1.807) is 6.07 Å². The summed E-state index contributed by atoms with van der Waals surface area (Å²) in [4.78, 5) is 20.1. The first kappa shape index (κ1) is 14.6. The monoisotopic (exact) mass is 250 g/mol. The predicted octanol–water partition coefficient (Wildman–Crippen LogP) is 3.12. The maximum absolute atomic E-state index is 11.4. The van der Waals surface area contributed by atoms with Crippen molar-refractivity contribution in [1.29, 1.82) is 0 Å². The van der Waals surface area contributed by atoms with Crippen LogP contribution in [-0.2, 0) is 4.79 Å². The molecule has 0 aliphatic rings. The molecule has 0 bridgehead atoms. The fraction of sp³-hybridized carbons (Fsp3) is 0.643. The third kappa shape index (κ3) is 3.79. The standard InChI is InChI=1S/C14H22N2O2/c1-8(2)6-11(14(17)18)12-7-10(5)15-13(16-12)9(3)4/h7-9,11H,6H2,1-5H3,(H,17,18). The van der Waals surface area contributed by atoms with E-state index in [2.05, 4.69) is 9.97 Å². The number of carboxylic acids is 1. The van der Waals surface area contributed by atoms with Gasteiger partial charge in [0.1, 0.15) is 5.82 Å². The first-order valence-corrected chi connectivity index (χ1v) is 6.39. The number of carbonyl (C=O) groups is 1. The van der Waals surface area contributed by atoms with Crippen LogP contribution in [0.4, 0.5) is 0 Å². The van der Waals surface area contributed by atoms with Gasteiger partial charge in [-0.3, -0.25) is 4.79 Å². The molecule has 18 heavy (non-hydrogen) atoms. The van der Waals surface area contributed by atoms with Crippen LogP contribution in [0.15, 0.2) is 6.07 Å². The van der Waals surface area contributed by atoms with Crippen molar-refractivity contribution in [3.8, 4) is 0 Å². The third-order valence-electron chi connectivity index (χ3n) is 2.77. The Kier molecular flexibility index (Phi) is 4.82. The van der Waals surface area contributed by atoms with Gasteiger partial charge in [0, 0.05) is 11.6 Å². The molecule has 4 nitrogen and oxygen atoms in total. The topological polar surface area (TPSA) is 63.1 Å². The molecule has 100 valence electrons. The maximum atomic E-state index is 11.4. The van der Waals surface area contributed by atoms with E-state index < -0.39 is 11.9 Å². The molecule has 0 radical (unpaired) electrons. The lowest BCUT2D eigenvalue weighted by molar-refractivity contribution is -0.139. The van der Waals surface area contributed by atoms with E-state index in [1.165, 1.54) is 0 Å². The Balaban J connectivity index is 3.15. The second kappa shape index (κ2) is 5.94. The molecule has 0 fully saturated rings. The number of aromatic nitrogens is 2. The van der Waals surface area contributed by atoms with Gasteiger partial charge in [-0.1, -0.05) is 27.7 Å². The molecule has 0 saturated heterocycles. The van der Waals surface area contributed by atoms with E-state index >= 15 is 0 Å². The molecular weight excluding hydrogens is 228 g/mol. The number of nitrogens with zero attached hydrogens (tertiary/aromatic N) is 2. The molecule has 0 aromatic carbocycles. The zero-order valence-corrected chi connectivity index (χ0v) is 11.8. The van der Waals surface area contributed by atoms with Crippen LogP contribution in [0.5, 0.6) is 0 Å². The minimum atomic E-state index is -0.809. The number of hydrogen-bond donors (Lipinski definition) is 1. The quantitative estimate of drug-likeness (QED) is 0.872.